The van der Waals surface area contributed by atoms with E-state index in [1.807, 2.05) is 32.0 Å². The largest absolute Gasteiger partial charge is 0.490 e. The molecule has 4 N–H and O–H groups in total. The van der Waals surface area contributed by atoms with Crippen molar-refractivity contribution in [3.8, 4) is 11.5 Å². The zero-order valence-electron chi connectivity index (χ0n) is 14.7. The number of nitrogen functional groups attached to an aromatic ring is 1. The van der Waals surface area contributed by atoms with Gasteiger partial charge < -0.3 is 16.2 Å². The quantitative estimate of drug-likeness (QED) is 0.596. The van der Waals surface area contributed by atoms with E-state index in [1.54, 1.807) is 12.4 Å². The number of carboxylic acid groups (broad SMARTS) is 1. The second-order valence-corrected chi connectivity index (χ2v) is 6.21. The van der Waals surface area contributed by atoms with Crippen molar-refractivity contribution in [3.63, 3.8) is 0 Å². The molecule has 0 amide bonds. The molecule has 0 spiro atoms. The molecular formula is C16H15F3N6O2S. The molecule has 0 saturated heterocycles. The van der Waals surface area contributed by atoms with E-state index in [1.165, 1.54) is 11.5 Å². The smallest absolute Gasteiger partial charge is 0.475 e. The first-order valence-electron chi connectivity index (χ1n) is 7.63. The molecule has 3 aromatic rings. The van der Waals surface area contributed by atoms with E-state index in [2.05, 4.69) is 24.6 Å². The van der Waals surface area contributed by atoms with Crippen LogP contribution in [0, 0.1) is 13.8 Å². The van der Waals surface area contributed by atoms with Crippen molar-refractivity contribution in [2.75, 3.05) is 11.1 Å². The highest BCUT2D eigenvalue weighted by atomic mass is 32.1. The van der Waals surface area contributed by atoms with Crippen LogP contribution in [-0.2, 0) is 4.79 Å². The highest BCUT2D eigenvalue weighted by molar-refractivity contribution is 7.09. The summed E-state index contributed by atoms with van der Waals surface area (Å²) in [7, 11) is 0. The topological polar surface area (TPSA) is 127 Å². The molecule has 12 heteroatoms. The molecule has 0 unspecified atom stereocenters. The van der Waals surface area contributed by atoms with E-state index in [4.69, 9.17) is 15.6 Å². The summed E-state index contributed by atoms with van der Waals surface area (Å²) in [5, 5.41) is 10.9. The lowest BCUT2D eigenvalue weighted by molar-refractivity contribution is -0.192. The number of carbonyl (C=O) groups is 1. The maximum atomic E-state index is 10.6. The standard InChI is InChI=1S/C14H14N6S.C2HF3O2/c1-8-3-5-16-10(7-8)12-18-14(21-20-12)19-13-11(15)9(2)4-6-17-13;3-2(4,5)1(6)7/h3-7H,15H2,1-2H3,(H,17,18,19,20);(H,6,7). The number of aromatic nitrogens is 4. The van der Waals surface area contributed by atoms with E-state index in [0.717, 1.165) is 16.8 Å². The van der Waals surface area contributed by atoms with Crippen molar-refractivity contribution in [2.45, 2.75) is 20.0 Å². The molecule has 28 heavy (non-hydrogen) atoms. The average molecular weight is 412 g/mol. The molecule has 0 saturated carbocycles. The van der Waals surface area contributed by atoms with Gasteiger partial charge in [-0.2, -0.15) is 22.5 Å². The number of rotatable bonds is 3. The van der Waals surface area contributed by atoms with Crippen LogP contribution in [-0.4, -0.2) is 36.6 Å². The van der Waals surface area contributed by atoms with Gasteiger partial charge in [-0.3, -0.25) is 4.98 Å². The zero-order valence-corrected chi connectivity index (χ0v) is 15.5. The Morgan fingerprint density at radius 2 is 1.86 bits per heavy atom. The van der Waals surface area contributed by atoms with Crippen LogP contribution in [0.2, 0.25) is 0 Å². The van der Waals surface area contributed by atoms with Crippen LogP contribution in [0.4, 0.5) is 29.8 Å². The first kappa shape index (κ1) is 21.0. The minimum Gasteiger partial charge on any atom is -0.475 e. The number of aliphatic carboxylic acids is 1. The third-order valence-electron chi connectivity index (χ3n) is 3.25. The number of hydrogen-bond donors (Lipinski definition) is 3. The van der Waals surface area contributed by atoms with Gasteiger partial charge in [-0.05, 0) is 43.2 Å². The summed E-state index contributed by atoms with van der Waals surface area (Å²) in [6, 6.07) is 5.75. The van der Waals surface area contributed by atoms with Crippen molar-refractivity contribution in [1.82, 2.24) is 19.3 Å². The Morgan fingerprint density at radius 3 is 2.46 bits per heavy atom. The SMILES string of the molecule is Cc1ccnc(-c2nsc(Nc3nccc(C)c3N)n2)c1.O=C(O)C(F)(F)F. The fourth-order valence-corrected chi connectivity index (χ4v) is 2.38. The number of nitrogens with zero attached hydrogens (tertiary/aromatic N) is 4. The molecule has 3 aromatic heterocycles. The number of halogens is 3. The summed E-state index contributed by atoms with van der Waals surface area (Å²) in [5.41, 5.74) is 9.44. The first-order valence-corrected chi connectivity index (χ1v) is 8.40. The molecule has 0 aromatic carbocycles. The summed E-state index contributed by atoms with van der Waals surface area (Å²) in [4.78, 5) is 21.8. The van der Waals surface area contributed by atoms with Crippen LogP contribution in [0.25, 0.3) is 11.5 Å². The molecule has 0 aliphatic heterocycles. The maximum Gasteiger partial charge on any atom is 0.490 e. The minimum absolute atomic E-state index is 0.593. The molecule has 0 fully saturated rings. The molecule has 0 radical (unpaired) electrons. The Bertz CT molecular complexity index is 977. The van der Waals surface area contributed by atoms with Crippen molar-refractivity contribution in [2.24, 2.45) is 0 Å². The normalized spacial score (nSPS) is 10.8. The Labute approximate surface area is 161 Å². The maximum absolute atomic E-state index is 10.6. The van der Waals surface area contributed by atoms with E-state index in [-0.39, 0.29) is 0 Å². The second-order valence-electron chi connectivity index (χ2n) is 5.46. The summed E-state index contributed by atoms with van der Waals surface area (Å²) in [6.07, 6.45) is -1.63. The fourth-order valence-electron chi connectivity index (χ4n) is 1.81. The highest BCUT2D eigenvalue weighted by Crippen LogP contribution is 2.26. The van der Waals surface area contributed by atoms with E-state index < -0.39 is 12.1 Å². The van der Waals surface area contributed by atoms with Gasteiger partial charge >= 0.3 is 12.1 Å². The Kier molecular flexibility index (Phi) is 6.46. The van der Waals surface area contributed by atoms with Gasteiger partial charge in [0.05, 0.1) is 5.69 Å². The van der Waals surface area contributed by atoms with Crippen molar-refractivity contribution in [3.05, 3.63) is 41.7 Å². The van der Waals surface area contributed by atoms with Crippen LogP contribution in [0.5, 0.6) is 0 Å². The number of alkyl halides is 3. The van der Waals surface area contributed by atoms with Crippen LogP contribution in [0.1, 0.15) is 11.1 Å². The van der Waals surface area contributed by atoms with Gasteiger partial charge in [0.2, 0.25) is 5.13 Å². The third-order valence-corrected chi connectivity index (χ3v) is 3.88. The molecular weight excluding hydrogens is 397 g/mol. The summed E-state index contributed by atoms with van der Waals surface area (Å²) >= 11 is 1.25. The van der Waals surface area contributed by atoms with Gasteiger partial charge in [-0.1, -0.05) is 0 Å². The van der Waals surface area contributed by atoms with Crippen molar-refractivity contribution >= 4 is 34.1 Å². The zero-order chi connectivity index (χ0) is 20.9. The monoisotopic (exact) mass is 412 g/mol. The molecule has 0 bridgehead atoms. The number of aryl methyl sites for hydroxylation is 2. The lowest BCUT2D eigenvalue weighted by Gasteiger charge is -2.06. The van der Waals surface area contributed by atoms with E-state index >= 15 is 0 Å². The number of carboxylic acids is 1. The molecule has 8 nitrogen and oxygen atoms in total. The van der Waals surface area contributed by atoms with E-state index in [9.17, 15) is 13.2 Å². The van der Waals surface area contributed by atoms with Crippen LogP contribution in [0.3, 0.4) is 0 Å². The lowest BCUT2D eigenvalue weighted by Crippen LogP contribution is -2.21. The molecule has 0 aliphatic rings. The van der Waals surface area contributed by atoms with Crippen molar-refractivity contribution < 1.29 is 23.1 Å². The van der Waals surface area contributed by atoms with Gasteiger partial charge in [-0.25, -0.2) is 9.78 Å². The number of nitrogens with two attached hydrogens (primary N) is 1. The fraction of sp³-hybridized carbons (Fsp3) is 0.188. The summed E-state index contributed by atoms with van der Waals surface area (Å²) in [6.45, 7) is 3.94. The number of nitrogens with one attached hydrogen (secondary N) is 1. The highest BCUT2D eigenvalue weighted by Gasteiger charge is 2.38. The van der Waals surface area contributed by atoms with E-state index in [0.29, 0.717) is 22.5 Å². The van der Waals surface area contributed by atoms with Gasteiger partial charge in [-0.15, -0.1) is 0 Å². The Balaban J connectivity index is 0.000000345. The Hall–Kier alpha value is -3.28. The third kappa shape index (κ3) is 5.61. The molecule has 3 rings (SSSR count). The average Bonchev–Trinajstić information content (AvgIpc) is 3.07. The van der Waals surface area contributed by atoms with Gasteiger partial charge in [0.25, 0.3) is 0 Å². The molecule has 0 aliphatic carbocycles. The van der Waals surface area contributed by atoms with Crippen LogP contribution >= 0.6 is 11.5 Å². The Morgan fingerprint density at radius 1 is 1.21 bits per heavy atom. The number of pyridine rings is 2. The molecule has 148 valence electrons. The van der Waals surface area contributed by atoms with Crippen LogP contribution in [0.15, 0.2) is 30.6 Å². The predicted molar refractivity (Wildman–Crippen MR) is 98.2 cm³/mol. The van der Waals surface area contributed by atoms with Gasteiger partial charge in [0, 0.05) is 23.9 Å². The number of anilines is 3. The molecule has 0 atom stereocenters. The lowest BCUT2D eigenvalue weighted by atomic mass is 10.2. The minimum atomic E-state index is -5.08. The number of hydrogen-bond acceptors (Lipinski definition) is 8. The summed E-state index contributed by atoms with van der Waals surface area (Å²) < 4.78 is 36.0. The first-order chi connectivity index (χ1) is 13.1. The van der Waals surface area contributed by atoms with Crippen LogP contribution < -0.4 is 11.1 Å². The predicted octanol–water partition coefficient (Wildman–Crippen LogP) is 3.57. The van der Waals surface area contributed by atoms with Gasteiger partial charge in [0.15, 0.2) is 11.6 Å². The molecule has 3 heterocycles. The van der Waals surface area contributed by atoms with Gasteiger partial charge in [0.1, 0.15) is 5.69 Å². The van der Waals surface area contributed by atoms with Crippen molar-refractivity contribution in [1.29, 1.82) is 0 Å². The second kappa shape index (κ2) is 8.61. The summed E-state index contributed by atoms with van der Waals surface area (Å²) in [5.74, 6) is -1.57.